The molecule has 0 unspecified atom stereocenters. The number of hydrogen-bond donors (Lipinski definition) is 0. The number of ether oxygens (including phenoxy) is 1. The molecule has 7 aromatic carbocycles. The number of fused-ring (bicyclic) bond motifs is 13. The van der Waals surface area contributed by atoms with Crippen LogP contribution in [0.15, 0.2) is 170 Å². The zero-order valence-electron chi connectivity index (χ0n) is 27.0. The molecule has 0 amide bonds. The minimum absolute atomic E-state index is 0.505. The second kappa shape index (κ2) is 10.2. The fourth-order valence-corrected chi connectivity index (χ4v) is 8.72. The Balaban J connectivity index is 1.16. The number of pyridine rings is 2. The largest absolute Gasteiger partial charge is 0.456 e. The summed E-state index contributed by atoms with van der Waals surface area (Å²) in [7, 11) is 0. The number of rotatable bonds is 2. The van der Waals surface area contributed by atoms with Gasteiger partial charge >= 0.3 is 0 Å². The third-order valence-electron chi connectivity index (χ3n) is 10.8. The molecule has 0 saturated carbocycles. The minimum Gasteiger partial charge on any atom is -0.456 e. The second-order valence-corrected chi connectivity index (χ2v) is 13.2. The van der Waals surface area contributed by atoms with Gasteiger partial charge in [-0.05, 0) is 56.8 Å². The van der Waals surface area contributed by atoms with Gasteiger partial charge in [-0.15, -0.1) is 0 Å². The summed E-state index contributed by atoms with van der Waals surface area (Å²) < 4.78 is 7.01. The van der Waals surface area contributed by atoms with Crippen LogP contribution in [0.25, 0.3) is 66.1 Å². The van der Waals surface area contributed by atoms with Gasteiger partial charge in [0.2, 0.25) is 0 Å². The van der Waals surface area contributed by atoms with Crippen LogP contribution in [-0.4, -0.2) is 9.97 Å². The van der Waals surface area contributed by atoms with Crippen LogP contribution in [0.3, 0.4) is 0 Å². The van der Waals surface area contributed by atoms with Gasteiger partial charge in [-0.1, -0.05) is 146 Å². The molecule has 2 aliphatic rings. The van der Waals surface area contributed by atoms with E-state index < -0.39 is 5.41 Å². The molecule has 11 rings (SSSR count). The molecule has 0 saturated heterocycles. The first-order valence-corrected chi connectivity index (χ1v) is 17.1. The standard InChI is InChI=1S/C47H28N2O/c1-2-13-32-31(12-1)33(25-26-36(32)42-27-24-30-23-22-29-11-10-28-48-44(29)45(30)49-42)37-16-9-20-41-46(37)50-43-21-8-7-19-40(43)47(41)38-17-5-3-14-34(38)35-15-4-6-18-39(35)47/h1-28H. The maximum Gasteiger partial charge on any atom is 0.140 e. The summed E-state index contributed by atoms with van der Waals surface area (Å²) in [4.78, 5) is 9.92. The fourth-order valence-electron chi connectivity index (χ4n) is 8.72. The van der Waals surface area contributed by atoms with Crippen molar-refractivity contribution >= 4 is 32.6 Å². The van der Waals surface area contributed by atoms with Gasteiger partial charge in [-0.25, -0.2) is 4.98 Å². The molecule has 3 nitrogen and oxygen atoms in total. The molecule has 0 radical (unpaired) electrons. The SMILES string of the molecule is c1ccc2c(c1)Oc1c(-c3ccc(-c4ccc5ccc6cccnc6c5n4)c4ccccc34)cccc1C21c2ccccc2-c2ccccc21. The molecule has 50 heavy (non-hydrogen) atoms. The summed E-state index contributed by atoms with van der Waals surface area (Å²) in [6, 6.07) is 58.7. The van der Waals surface area contributed by atoms with Crippen molar-refractivity contribution in [3.05, 3.63) is 192 Å². The lowest BCUT2D eigenvalue weighted by Gasteiger charge is -2.40. The lowest BCUT2D eigenvalue weighted by Crippen LogP contribution is -2.32. The van der Waals surface area contributed by atoms with Gasteiger partial charge in [-0.2, -0.15) is 0 Å². The average molecular weight is 637 g/mol. The van der Waals surface area contributed by atoms with Gasteiger partial charge in [0.1, 0.15) is 11.5 Å². The highest BCUT2D eigenvalue weighted by Gasteiger charge is 2.51. The van der Waals surface area contributed by atoms with E-state index in [0.29, 0.717) is 0 Å². The molecular weight excluding hydrogens is 609 g/mol. The van der Waals surface area contributed by atoms with Gasteiger partial charge in [0, 0.05) is 39.2 Å². The topological polar surface area (TPSA) is 35.0 Å². The third kappa shape index (κ3) is 3.58. The summed E-state index contributed by atoms with van der Waals surface area (Å²) in [5, 5.41) is 4.47. The van der Waals surface area contributed by atoms with Gasteiger partial charge in [-0.3, -0.25) is 4.98 Å². The van der Waals surface area contributed by atoms with Crippen LogP contribution in [0.1, 0.15) is 22.3 Å². The van der Waals surface area contributed by atoms with Gasteiger partial charge in [0.05, 0.1) is 22.1 Å². The fraction of sp³-hybridized carbons (Fsp3) is 0.0213. The summed E-state index contributed by atoms with van der Waals surface area (Å²) in [5.74, 6) is 1.79. The Hall–Kier alpha value is -6.58. The minimum atomic E-state index is -0.505. The Morgan fingerprint density at radius 1 is 0.400 bits per heavy atom. The van der Waals surface area contributed by atoms with Crippen LogP contribution >= 0.6 is 0 Å². The Labute approximate surface area is 289 Å². The van der Waals surface area contributed by atoms with E-state index in [2.05, 4.69) is 158 Å². The van der Waals surface area contributed by atoms with E-state index in [1.165, 1.54) is 27.8 Å². The molecule has 2 aromatic heterocycles. The average Bonchev–Trinajstić information content (AvgIpc) is 3.48. The van der Waals surface area contributed by atoms with Crippen LogP contribution in [0, 0.1) is 0 Å². The van der Waals surface area contributed by atoms with Gasteiger partial charge in [0.15, 0.2) is 0 Å². The summed E-state index contributed by atoms with van der Waals surface area (Å²) in [5.41, 5.74) is 13.0. The van der Waals surface area contributed by atoms with Crippen molar-refractivity contribution < 1.29 is 4.74 Å². The highest BCUT2D eigenvalue weighted by molar-refractivity contribution is 6.08. The molecule has 0 atom stereocenters. The third-order valence-corrected chi connectivity index (χ3v) is 10.8. The van der Waals surface area contributed by atoms with Crippen molar-refractivity contribution in [3.8, 4) is 45.0 Å². The molecule has 3 heterocycles. The van der Waals surface area contributed by atoms with Crippen molar-refractivity contribution in [1.82, 2.24) is 9.97 Å². The van der Waals surface area contributed by atoms with E-state index in [1.54, 1.807) is 0 Å². The summed E-state index contributed by atoms with van der Waals surface area (Å²) in [6.07, 6.45) is 1.84. The molecule has 1 aliphatic heterocycles. The molecule has 0 N–H and O–H groups in total. The summed E-state index contributed by atoms with van der Waals surface area (Å²) in [6.45, 7) is 0. The lowest BCUT2D eigenvalue weighted by atomic mass is 9.65. The van der Waals surface area contributed by atoms with E-state index in [-0.39, 0.29) is 0 Å². The van der Waals surface area contributed by atoms with E-state index in [0.717, 1.165) is 72.0 Å². The number of para-hydroxylation sites is 2. The zero-order chi connectivity index (χ0) is 32.8. The van der Waals surface area contributed by atoms with E-state index >= 15 is 0 Å². The highest BCUT2D eigenvalue weighted by atomic mass is 16.5. The number of aromatic nitrogens is 2. The van der Waals surface area contributed by atoms with Crippen LogP contribution in [0.4, 0.5) is 0 Å². The predicted molar refractivity (Wildman–Crippen MR) is 203 cm³/mol. The first kappa shape index (κ1) is 27.4. The van der Waals surface area contributed by atoms with Crippen molar-refractivity contribution in [2.24, 2.45) is 0 Å². The normalized spacial score (nSPS) is 13.5. The first-order valence-electron chi connectivity index (χ1n) is 17.1. The maximum atomic E-state index is 7.01. The lowest BCUT2D eigenvalue weighted by molar-refractivity contribution is 0.438. The molecular formula is C47H28N2O. The van der Waals surface area contributed by atoms with Gasteiger partial charge < -0.3 is 4.74 Å². The monoisotopic (exact) mass is 636 g/mol. The van der Waals surface area contributed by atoms with Crippen LogP contribution < -0.4 is 4.74 Å². The number of benzene rings is 7. The Morgan fingerprint density at radius 2 is 1.00 bits per heavy atom. The predicted octanol–water partition coefficient (Wildman–Crippen LogP) is 11.7. The van der Waals surface area contributed by atoms with Gasteiger partial charge in [0.25, 0.3) is 0 Å². The van der Waals surface area contributed by atoms with E-state index in [4.69, 9.17) is 14.7 Å². The Kier molecular flexibility index (Phi) is 5.59. The van der Waals surface area contributed by atoms with Crippen molar-refractivity contribution in [2.45, 2.75) is 5.41 Å². The van der Waals surface area contributed by atoms with Crippen molar-refractivity contribution in [1.29, 1.82) is 0 Å². The number of nitrogens with zero attached hydrogens (tertiary/aromatic N) is 2. The number of hydrogen-bond acceptors (Lipinski definition) is 3. The zero-order valence-corrected chi connectivity index (χ0v) is 27.0. The first-order chi connectivity index (χ1) is 24.8. The van der Waals surface area contributed by atoms with Crippen molar-refractivity contribution in [2.75, 3.05) is 0 Å². The van der Waals surface area contributed by atoms with Crippen LogP contribution in [0.2, 0.25) is 0 Å². The molecule has 0 fully saturated rings. The molecule has 3 heteroatoms. The molecule has 232 valence electrons. The smallest absolute Gasteiger partial charge is 0.140 e. The quantitative estimate of drug-likeness (QED) is 0.177. The maximum absolute atomic E-state index is 7.01. The van der Waals surface area contributed by atoms with Crippen LogP contribution in [-0.2, 0) is 5.41 Å². The van der Waals surface area contributed by atoms with E-state index in [9.17, 15) is 0 Å². The molecule has 1 spiro atoms. The highest BCUT2D eigenvalue weighted by Crippen LogP contribution is 2.63. The molecule has 1 aliphatic carbocycles. The molecule has 9 aromatic rings. The van der Waals surface area contributed by atoms with Crippen molar-refractivity contribution in [3.63, 3.8) is 0 Å². The Bertz CT molecular complexity index is 2830. The molecule has 0 bridgehead atoms. The second-order valence-electron chi connectivity index (χ2n) is 13.2. The van der Waals surface area contributed by atoms with Crippen LogP contribution in [0.5, 0.6) is 11.5 Å². The summed E-state index contributed by atoms with van der Waals surface area (Å²) >= 11 is 0. The Morgan fingerprint density at radius 3 is 1.80 bits per heavy atom. The van der Waals surface area contributed by atoms with E-state index in [1.807, 2.05) is 12.3 Å².